The Morgan fingerprint density at radius 2 is 1.28 bits per heavy atom. The third-order valence-corrected chi connectivity index (χ3v) is 3.16. The van der Waals surface area contributed by atoms with E-state index >= 15 is 0 Å². The Hall–Kier alpha value is -0.0400. The molecule has 0 saturated carbocycles. The van der Waals surface area contributed by atoms with Crippen molar-refractivity contribution in [1.29, 1.82) is 0 Å². The summed E-state index contributed by atoms with van der Waals surface area (Å²) in [4.78, 5) is 2.62. The van der Waals surface area contributed by atoms with Crippen LogP contribution in [-0.4, -0.2) is 24.0 Å². The first-order valence-electron chi connectivity index (χ1n) is 8.35. The van der Waals surface area contributed by atoms with Crippen LogP contribution in [0, 0.1) is 11.8 Å². The molecule has 0 aromatic carbocycles. The molecule has 114 valence electrons. The van der Waals surface area contributed by atoms with Gasteiger partial charge in [0, 0.05) is 12.6 Å². The smallest absolute Gasteiger partial charge is 0.00387 e. The number of nitrogens with zero attached hydrogens (tertiary/aromatic N) is 1. The zero-order valence-electron chi connectivity index (χ0n) is 15.0. The third-order valence-electron chi connectivity index (χ3n) is 3.16. The lowest BCUT2D eigenvalue weighted by Crippen LogP contribution is -2.41. The monoisotopic (exact) mass is 259 g/mol. The van der Waals surface area contributed by atoms with Crippen LogP contribution in [0.3, 0.4) is 0 Å². The van der Waals surface area contributed by atoms with Crippen molar-refractivity contribution < 1.29 is 0 Å². The van der Waals surface area contributed by atoms with Gasteiger partial charge in [0.15, 0.2) is 0 Å². The Balaban J connectivity index is -0.000000328. The average Bonchev–Trinajstić information content (AvgIpc) is 2.45. The lowest BCUT2D eigenvalue weighted by molar-refractivity contribution is 0.117. The predicted molar refractivity (Wildman–Crippen MR) is 88.3 cm³/mol. The summed E-state index contributed by atoms with van der Waals surface area (Å²) in [7, 11) is 0. The standard InChI is InChI=1S/C11H23N.3C2H6/c1-9(2)11-6-5-7-12(8-11)10(3)4;3*1-2/h9-11H,5-8H2,1-4H3;3*1-2H3. The van der Waals surface area contributed by atoms with Crippen LogP contribution in [-0.2, 0) is 0 Å². The molecule has 0 N–H and O–H groups in total. The molecule has 1 saturated heterocycles. The second-order valence-electron chi connectivity index (χ2n) is 4.74. The summed E-state index contributed by atoms with van der Waals surface area (Å²) < 4.78 is 0. The van der Waals surface area contributed by atoms with Crippen LogP contribution in [0.2, 0.25) is 0 Å². The SMILES string of the molecule is CC.CC.CC.CC(C)C1CCCN(C(C)C)C1. The molecule has 1 fully saturated rings. The Morgan fingerprint density at radius 1 is 0.833 bits per heavy atom. The van der Waals surface area contributed by atoms with E-state index in [0.717, 1.165) is 17.9 Å². The normalized spacial score (nSPS) is 19.0. The second kappa shape index (κ2) is 17.0. The van der Waals surface area contributed by atoms with Crippen molar-refractivity contribution in [3.05, 3.63) is 0 Å². The first-order chi connectivity index (χ1) is 8.61. The molecule has 0 spiro atoms. The molecular weight excluding hydrogens is 218 g/mol. The van der Waals surface area contributed by atoms with Gasteiger partial charge in [-0.2, -0.15) is 0 Å². The van der Waals surface area contributed by atoms with Crippen LogP contribution >= 0.6 is 0 Å². The lowest BCUT2D eigenvalue weighted by Gasteiger charge is -2.37. The van der Waals surface area contributed by atoms with Crippen molar-refractivity contribution in [3.63, 3.8) is 0 Å². The predicted octanol–water partition coefficient (Wildman–Crippen LogP) is 5.84. The fourth-order valence-electron chi connectivity index (χ4n) is 2.05. The first kappa shape index (κ1) is 23.1. The fraction of sp³-hybridized carbons (Fsp3) is 1.00. The molecule has 1 heterocycles. The Bertz CT molecular complexity index is 116. The van der Waals surface area contributed by atoms with E-state index in [1.165, 1.54) is 25.9 Å². The molecule has 1 nitrogen and oxygen atoms in total. The highest BCUT2D eigenvalue weighted by molar-refractivity contribution is 4.76. The van der Waals surface area contributed by atoms with Gasteiger partial charge in [-0.3, -0.25) is 0 Å². The minimum atomic E-state index is 0.742. The van der Waals surface area contributed by atoms with Crippen molar-refractivity contribution in [2.24, 2.45) is 11.8 Å². The van der Waals surface area contributed by atoms with Crippen molar-refractivity contribution in [3.8, 4) is 0 Å². The van der Waals surface area contributed by atoms with Crippen molar-refractivity contribution in [1.82, 2.24) is 4.90 Å². The van der Waals surface area contributed by atoms with Crippen LogP contribution in [0.15, 0.2) is 0 Å². The zero-order valence-corrected chi connectivity index (χ0v) is 15.0. The largest absolute Gasteiger partial charge is 0.301 e. The lowest BCUT2D eigenvalue weighted by atomic mass is 9.87. The molecule has 1 aliphatic heterocycles. The molecule has 0 aromatic heterocycles. The number of hydrogen-bond donors (Lipinski definition) is 0. The summed E-state index contributed by atoms with van der Waals surface area (Å²) in [6.45, 7) is 24.0. The number of rotatable bonds is 2. The Kier molecular flexibility index (Phi) is 21.7. The van der Waals surface area contributed by atoms with Crippen molar-refractivity contribution in [2.75, 3.05) is 13.1 Å². The van der Waals surface area contributed by atoms with Gasteiger partial charge in [0.2, 0.25) is 0 Å². The Morgan fingerprint density at radius 3 is 1.61 bits per heavy atom. The van der Waals surface area contributed by atoms with Gasteiger partial charge < -0.3 is 4.90 Å². The minimum absolute atomic E-state index is 0.742. The van der Waals surface area contributed by atoms with Crippen LogP contribution in [0.25, 0.3) is 0 Å². The molecule has 0 aliphatic carbocycles. The summed E-state index contributed by atoms with van der Waals surface area (Å²) >= 11 is 0. The quantitative estimate of drug-likeness (QED) is 0.602. The van der Waals surface area contributed by atoms with E-state index in [9.17, 15) is 0 Å². The molecule has 0 aromatic rings. The Labute approximate surface area is 118 Å². The molecule has 18 heavy (non-hydrogen) atoms. The summed E-state index contributed by atoms with van der Waals surface area (Å²) in [6.07, 6.45) is 2.85. The molecule has 0 bridgehead atoms. The van der Waals surface area contributed by atoms with E-state index in [4.69, 9.17) is 0 Å². The number of likely N-dealkylation sites (tertiary alicyclic amines) is 1. The van der Waals surface area contributed by atoms with Gasteiger partial charge in [0.25, 0.3) is 0 Å². The molecule has 1 atom stereocenters. The van der Waals surface area contributed by atoms with Gasteiger partial charge in [-0.15, -0.1) is 0 Å². The van der Waals surface area contributed by atoms with E-state index in [1.54, 1.807) is 0 Å². The van der Waals surface area contributed by atoms with Crippen molar-refractivity contribution >= 4 is 0 Å². The highest BCUT2D eigenvalue weighted by Crippen LogP contribution is 2.24. The van der Waals surface area contributed by atoms with Gasteiger partial charge in [-0.05, 0) is 45.1 Å². The maximum Gasteiger partial charge on any atom is 0.00387 e. The second-order valence-corrected chi connectivity index (χ2v) is 4.74. The van der Waals surface area contributed by atoms with E-state index in [-0.39, 0.29) is 0 Å². The zero-order chi connectivity index (χ0) is 15.1. The average molecular weight is 260 g/mol. The van der Waals surface area contributed by atoms with E-state index in [2.05, 4.69) is 32.6 Å². The molecule has 1 aliphatic rings. The molecular formula is C17H41N. The summed E-state index contributed by atoms with van der Waals surface area (Å²) in [5, 5.41) is 0. The first-order valence-corrected chi connectivity index (χ1v) is 8.35. The van der Waals surface area contributed by atoms with E-state index in [1.807, 2.05) is 41.5 Å². The highest BCUT2D eigenvalue weighted by atomic mass is 15.2. The van der Waals surface area contributed by atoms with Gasteiger partial charge >= 0.3 is 0 Å². The maximum atomic E-state index is 2.62. The summed E-state index contributed by atoms with van der Waals surface area (Å²) in [6, 6.07) is 0.742. The van der Waals surface area contributed by atoms with Gasteiger partial charge in [-0.1, -0.05) is 55.4 Å². The topological polar surface area (TPSA) is 3.24 Å². The van der Waals surface area contributed by atoms with E-state index < -0.39 is 0 Å². The molecule has 1 unspecified atom stereocenters. The van der Waals surface area contributed by atoms with Crippen LogP contribution in [0.1, 0.15) is 82.1 Å². The summed E-state index contributed by atoms with van der Waals surface area (Å²) in [5.41, 5.74) is 0. The van der Waals surface area contributed by atoms with E-state index in [0.29, 0.717) is 0 Å². The third kappa shape index (κ3) is 11.1. The van der Waals surface area contributed by atoms with Crippen LogP contribution < -0.4 is 0 Å². The molecule has 0 radical (unpaired) electrons. The number of hydrogen-bond acceptors (Lipinski definition) is 1. The summed E-state index contributed by atoms with van der Waals surface area (Å²) in [5.74, 6) is 1.81. The van der Waals surface area contributed by atoms with Gasteiger partial charge in [-0.25, -0.2) is 0 Å². The van der Waals surface area contributed by atoms with Crippen LogP contribution in [0.5, 0.6) is 0 Å². The fourth-order valence-corrected chi connectivity index (χ4v) is 2.05. The molecule has 1 heteroatoms. The molecule has 1 rings (SSSR count). The van der Waals surface area contributed by atoms with Gasteiger partial charge in [0.1, 0.15) is 0 Å². The van der Waals surface area contributed by atoms with Gasteiger partial charge in [0.05, 0.1) is 0 Å². The number of piperidine rings is 1. The van der Waals surface area contributed by atoms with Crippen LogP contribution in [0.4, 0.5) is 0 Å². The maximum absolute atomic E-state index is 2.62. The molecule has 0 amide bonds. The van der Waals surface area contributed by atoms with Crippen molar-refractivity contribution in [2.45, 2.75) is 88.1 Å². The minimum Gasteiger partial charge on any atom is -0.301 e. The highest BCUT2D eigenvalue weighted by Gasteiger charge is 2.23.